The lowest BCUT2D eigenvalue weighted by Crippen LogP contribution is -2.35. The number of amides is 2. The number of rotatable bonds is 7. The molecule has 0 spiro atoms. The normalized spacial score (nSPS) is 10.4. The lowest BCUT2D eigenvalue weighted by Gasteiger charge is -2.15. The summed E-state index contributed by atoms with van der Waals surface area (Å²) in [5, 5.41) is 6.15. The summed E-state index contributed by atoms with van der Waals surface area (Å²) in [6.07, 6.45) is 0. The van der Waals surface area contributed by atoms with Crippen LogP contribution < -0.4 is 10.1 Å². The van der Waals surface area contributed by atoms with Crippen molar-refractivity contribution in [2.75, 3.05) is 18.9 Å². The fraction of sp³-hybridized carbons (Fsp3) is 0.150. The van der Waals surface area contributed by atoms with E-state index < -0.39 is 0 Å². The molecule has 0 atom stereocenters. The summed E-state index contributed by atoms with van der Waals surface area (Å²) in [7, 11) is 1.54. The van der Waals surface area contributed by atoms with Crippen LogP contribution in [0, 0.1) is 0 Å². The quantitative estimate of drug-likeness (QED) is 0.565. The number of aromatic nitrogens is 1. The Labute approximate surface area is 182 Å². The van der Waals surface area contributed by atoms with Crippen LogP contribution in [-0.2, 0) is 11.4 Å². The van der Waals surface area contributed by atoms with Crippen molar-refractivity contribution < 1.29 is 14.3 Å². The average Bonchev–Trinajstić information content (AvgIpc) is 3.16. The summed E-state index contributed by atoms with van der Waals surface area (Å²) in [4.78, 5) is 30.3. The van der Waals surface area contributed by atoms with E-state index in [9.17, 15) is 9.59 Å². The molecule has 0 fully saturated rings. The van der Waals surface area contributed by atoms with Crippen molar-refractivity contribution in [3.05, 3.63) is 74.7 Å². The topological polar surface area (TPSA) is 71.5 Å². The molecule has 29 heavy (non-hydrogen) atoms. The highest BCUT2D eigenvalue weighted by atomic mass is 35.5. The van der Waals surface area contributed by atoms with Gasteiger partial charge in [0.2, 0.25) is 5.91 Å². The maximum atomic E-state index is 12.5. The summed E-state index contributed by atoms with van der Waals surface area (Å²) in [6.45, 7) is 0.123. The minimum atomic E-state index is -0.347. The van der Waals surface area contributed by atoms with Crippen LogP contribution in [0.3, 0.4) is 0 Å². The molecular weight excluding hydrogens is 433 g/mol. The summed E-state index contributed by atoms with van der Waals surface area (Å²) >= 11 is 13.1. The van der Waals surface area contributed by atoms with Crippen LogP contribution in [-0.4, -0.2) is 35.3 Å². The lowest BCUT2D eigenvalue weighted by atomic mass is 10.3. The molecule has 1 aromatic heterocycles. The van der Waals surface area contributed by atoms with E-state index in [0.717, 1.165) is 0 Å². The first kappa shape index (κ1) is 21.1. The molecule has 0 saturated heterocycles. The second-order valence-corrected chi connectivity index (χ2v) is 7.90. The Morgan fingerprint density at radius 1 is 1.14 bits per heavy atom. The molecule has 1 heterocycles. The maximum absolute atomic E-state index is 12.5. The van der Waals surface area contributed by atoms with Gasteiger partial charge in [0.1, 0.15) is 23.1 Å². The third-order valence-corrected chi connectivity index (χ3v) is 5.09. The van der Waals surface area contributed by atoms with E-state index in [4.69, 9.17) is 27.9 Å². The monoisotopic (exact) mass is 449 g/mol. The van der Waals surface area contributed by atoms with Gasteiger partial charge in [0.05, 0.1) is 6.54 Å². The van der Waals surface area contributed by atoms with Gasteiger partial charge in [-0.2, -0.15) is 0 Å². The standard InChI is InChI=1S/C20H17Cl2N3O3S/c1-25(10-18(26)23-15-4-2-3-14(22)9-15)20(27)17-12-29-19(24-17)11-28-16-7-5-13(21)6-8-16/h2-9,12H,10-11H2,1H3,(H,23,26). The van der Waals surface area contributed by atoms with Crippen molar-refractivity contribution in [2.45, 2.75) is 6.61 Å². The Balaban J connectivity index is 1.53. The predicted octanol–water partition coefficient (Wildman–Crippen LogP) is 4.74. The number of carbonyl (C=O) groups is 2. The Bertz CT molecular complexity index is 1010. The zero-order chi connectivity index (χ0) is 20.8. The molecule has 0 unspecified atom stereocenters. The number of halogens is 2. The number of likely N-dealkylation sites (N-methyl/N-ethyl adjacent to an activating group) is 1. The van der Waals surface area contributed by atoms with Gasteiger partial charge in [0.25, 0.3) is 5.91 Å². The summed E-state index contributed by atoms with van der Waals surface area (Å²) in [6, 6.07) is 13.8. The van der Waals surface area contributed by atoms with Gasteiger partial charge in [0.15, 0.2) is 0 Å². The van der Waals surface area contributed by atoms with Gasteiger partial charge in [0, 0.05) is 28.2 Å². The molecule has 0 saturated carbocycles. The van der Waals surface area contributed by atoms with Gasteiger partial charge in [-0.05, 0) is 42.5 Å². The number of ether oxygens (including phenoxy) is 1. The zero-order valence-electron chi connectivity index (χ0n) is 15.4. The highest BCUT2D eigenvalue weighted by Gasteiger charge is 2.18. The smallest absolute Gasteiger partial charge is 0.273 e. The number of anilines is 1. The molecule has 0 aliphatic rings. The fourth-order valence-electron chi connectivity index (χ4n) is 2.40. The number of nitrogens with one attached hydrogen (secondary N) is 1. The van der Waals surface area contributed by atoms with E-state index >= 15 is 0 Å². The summed E-state index contributed by atoms with van der Waals surface area (Å²) in [5.41, 5.74) is 0.835. The van der Waals surface area contributed by atoms with Crippen molar-refractivity contribution in [1.29, 1.82) is 0 Å². The summed E-state index contributed by atoms with van der Waals surface area (Å²) < 4.78 is 5.63. The Morgan fingerprint density at radius 3 is 2.62 bits per heavy atom. The predicted molar refractivity (Wildman–Crippen MR) is 115 cm³/mol. The van der Waals surface area contributed by atoms with Crippen LogP contribution in [0.5, 0.6) is 5.75 Å². The van der Waals surface area contributed by atoms with Crippen molar-refractivity contribution in [3.8, 4) is 5.75 Å². The Morgan fingerprint density at radius 2 is 1.90 bits per heavy atom. The first-order valence-electron chi connectivity index (χ1n) is 8.54. The minimum absolute atomic E-state index is 0.112. The highest BCUT2D eigenvalue weighted by molar-refractivity contribution is 7.09. The van der Waals surface area contributed by atoms with Crippen LogP contribution in [0.25, 0.3) is 0 Å². The van der Waals surface area contributed by atoms with Crippen LogP contribution in [0.2, 0.25) is 10.0 Å². The highest BCUT2D eigenvalue weighted by Crippen LogP contribution is 2.19. The SMILES string of the molecule is CN(CC(=O)Nc1cccc(Cl)c1)C(=O)c1csc(COc2ccc(Cl)cc2)n1. The van der Waals surface area contributed by atoms with E-state index in [1.165, 1.54) is 16.2 Å². The molecule has 0 aliphatic heterocycles. The van der Waals surface area contributed by atoms with Crippen molar-refractivity contribution in [1.82, 2.24) is 9.88 Å². The number of benzene rings is 2. The largest absolute Gasteiger partial charge is 0.486 e. The molecule has 0 aliphatic carbocycles. The van der Waals surface area contributed by atoms with E-state index in [1.54, 1.807) is 61.0 Å². The van der Waals surface area contributed by atoms with Crippen LogP contribution >= 0.6 is 34.5 Å². The first-order chi connectivity index (χ1) is 13.9. The summed E-state index contributed by atoms with van der Waals surface area (Å²) in [5.74, 6) is -0.0165. The van der Waals surface area contributed by atoms with Crippen molar-refractivity contribution in [3.63, 3.8) is 0 Å². The van der Waals surface area contributed by atoms with Crippen molar-refractivity contribution >= 4 is 52.0 Å². The van der Waals surface area contributed by atoms with Crippen molar-refractivity contribution in [2.24, 2.45) is 0 Å². The molecule has 9 heteroatoms. The van der Waals surface area contributed by atoms with Crippen LogP contribution in [0.15, 0.2) is 53.9 Å². The van der Waals surface area contributed by atoms with E-state index in [2.05, 4.69) is 10.3 Å². The number of hydrogen-bond acceptors (Lipinski definition) is 5. The molecule has 6 nitrogen and oxygen atoms in total. The van der Waals surface area contributed by atoms with Gasteiger partial charge in [-0.3, -0.25) is 9.59 Å². The van der Waals surface area contributed by atoms with Gasteiger partial charge in [-0.15, -0.1) is 11.3 Å². The average molecular weight is 450 g/mol. The molecule has 1 N–H and O–H groups in total. The van der Waals surface area contributed by atoms with E-state index in [1.807, 2.05) is 0 Å². The number of carbonyl (C=O) groups excluding carboxylic acids is 2. The van der Waals surface area contributed by atoms with Gasteiger partial charge in [-0.25, -0.2) is 4.98 Å². The second kappa shape index (κ2) is 9.73. The van der Waals surface area contributed by atoms with Gasteiger partial charge in [-0.1, -0.05) is 29.3 Å². The molecule has 0 bridgehead atoms. The lowest BCUT2D eigenvalue weighted by molar-refractivity contribution is -0.116. The van der Waals surface area contributed by atoms with Crippen LogP contribution in [0.4, 0.5) is 5.69 Å². The fourth-order valence-corrected chi connectivity index (χ4v) is 3.40. The molecule has 3 aromatic rings. The number of hydrogen-bond donors (Lipinski definition) is 1. The first-order valence-corrected chi connectivity index (χ1v) is 10.2. The molecule has 0 radical (unpaired) electrons. The number of nitrogens with zero attached hydrogens (tertiary/aromatic N) is 2. The zero-order valence-corrected chi connectivity index (χ0v) is 17.7. The minimum Gasteiger partial charge on any atom is -0.486 e. The molecule has 3 rings (SSSR count). The van der Waals surface area contributed by atoms with Gasteiger partial charge >= 0.3 is 0 Å². The van der Waals surface area contributed by atoms with Crippen LogP contribution in [0.1, 0.15) is 15.5 Å². The van der Waals surface area contributed by atoms with Gasteiger partial charge < -0.3 is 15.0 Å². The molecular formula is C20H17Cl2N3O3S. The third kappa shape index (κ3) is 6.19. The second-order valence-electron chi connectivity index (χ2n) is 6.09. The van der Waals surface area contributed by atoms with E-state index in [0.29, 0.717) is 26.5 Å². The molecule has 150 valence electrons. The Hall–Kier alpha value is -2.61. The molecule has 2 amide bonds. The Kier molecular flexibility index (Phi) is 7.09. The number of thiazole rings is 1. The maximum Gasteiger partial charge on any atom is 0.273 e. The molecule has 2 aromatic carbocycles. The van der Waals surface area contributed by atoms with E-state index in [-0.39, 0.29) is 30.7 Å². The third-order valence-electron chi connectivity index (χ3n) is 3.78.